The van der Waals surface area contributed by atoms with Gasteiger partial charge in [-0.3, -0.25) is 9.36 Å². The highest BCUT2D eigenvalue weighted by Crippen LogP contribution is 2.19. The molecule has 0 unspecified atom stereocenters. The van der Waals surface area contributed by atoms with E-state index in [4.69, 9.17) is 0 Å². The minimum Gasteiger partial charge on any atom is -0.340 e. The SMILES string of the molecule is CC#CCn1c(N2CCNCC2)nc2cnn(C)c(=O)c21. The number of nitrogens with one attached hydrogen (secondary N) is 1. The standard InChI is InChI=1S/C14H18N6O/c1-3-4-7-20-12-11(10-16-18(2)13(12)21)17-14(20)19-8-5-15-6-9-19/h10,15H,5-9H2,1-2H3. The normalized spacial score (nSPS) is 15.0. The summed E-state index contributed by atoms with van der Waals surface area (Å²) in [4.78, 5) is 19.2. The van der Waals surface area contributed by atoms with Gasteiger partial charge in [0, 0.05) is 33.2 Å². The lowest BCUT2D eigenvalue weighted by Crippen LogP contribution is -2.44. The quantitative estimate of drug-likeness (QED) is 0.758. The Kier molecular flexibility index (Phi) is 3.62. The van der Waals surface area contributed by atoms with Crippen molar-refractivity contribution in [3.05, 3.63) is 16.6 Å². The number of piperazine rings is 1. The van der Waals surface area contributed by atoms with Crippen LogP contribution in [0.15, 0.2) is 11.0 Å². The van der Waals surface area contributed by atoms with Crippen molar-refractivity contribution in [2.75, 3.05) is 31.1 Å². The van der Waals surface area contributed by atoms with Crippen LogP contribution < -0.4 is 15.8 Å². The van der Waals surface area contributed by atoms with E-state index in [0.717, 1.165) is 32.1 Å². The summed E-state index contributed by atoms with van der Waals surface area (Å²) in [6.07, 6.45) is 1.64. The summed E-state index contributed by atoms with van der Waals surface area (Å²) in [6.45, 7) is 5.83. The summed E-state index contributed by atoms with van der Waals surface area (Å²) in [7, 11) is 1.65. The van der Waals surface area contributed by atoms with Crippen molar-refractivity contribution in [1.82, 2.24) is 24.6 Å². The van der Waals surface area contributed by atoms with Gasteiger partial charge in [0.2, 0.25) is 5.95 Å². The number of aryl methyl sites for hydroxylation is 1. The maximum absolute atomic E-state index is 12.4. The Balaban J connectivity index is 2.19. The van der Waals surface area contributed by atoms with Crippen LogP contribution in [0.25, 0.3) is 11.0 Å². The molecular formula is C14H18N6O. The molecule has 0 spiro atoms. The lowest BCUT2D eigenvalue weighted by atomic mass is 10.4. The van der Waals surface area contributed by atoms with Crippen LogP contribution in [0.5, 0.6) is 0 Å². The van der Waals surface area contributed by atoms with Crippen molar-refractivity contribution >= 4 is 17.0 Å². The Bertz CT molecular complexity index is 772. The van der Waals surface area contributed by atoms with E-state index in [1.165, 1.54) is 4.68 Å². The fourth-order valence-electron chi connectivity index (χ4n) is 2.54. The molecule has 21 heavy (non-hydrogen) atoms. The molecule has 0 aliphatic carbocycles. The Morgan fingerprint density at radius 1 is 1.38 bits per heavy atom. The molecule has 3 heterocycles. The molecule has 1 fully saturated rings. The van der Waals surface area contributed by atoms with E-state index in [1.54, 1.807) is 20.2 Å². The molecule has 1 aliphatic heterocycles. The van der Waals surface area contributed by atoms with Crippen molar-refractivity contribution in [3.8, 4) is 11.8 Å². The second-order valence-electron chi connectivity index (χ2n) is 4.97. The Labute approximate surface area is 122 Å². The first-order chi connectivity index (χ1) is 10.2. The van der Waals surface area contributed by atoms with E-state index in [1.807, 2.05) is 4.57 Å². The van der Waals surface area contributed by atoms with Crippen LogP contribution in [0.1, 0.15) is 6.92 Å². The first-order valence-electron chi connectivity index (χ1n) is 7.00. The van der Waals surface area contributed by atoms with Crippen LogP contribution in [0.4, 0.5) is 5.95 Å². The van der Waals surface area contributed by atoms with E-state index in [2.05, 4.69) is 32.1 Å². The number of hydrogen-bond donors (Lipinski definition) is 1. The zero-order valence-corrected chi connectivity index (χ0v) is 12.3. The molecule has 3 rings (SSSR count). The zero-order valence-electron chi connectivity index (χ0n) is 12.3. The smallest absolute Gasteiger partial charge is 0.292 e. The number of hydrogen-bond acceptors (Lipinski definition) is 5. The maximum atomic E-state index is 12.4. The second-order valence-corrected chi connectivity index (χ2v) is 4.97. The molecule has 0 radical (unpaired) electrons. The Morgan fingerprint density at radius 3 is 2.86 bits per heavy atom. The predicted molar refractivity (Wildman–Crippen MR) is 81.3 cm³/mol. The van der Waals surface area contributed by atoms with Gasteiger partial charge < -0.3 is 10.2 Å². The summed E-state index contributed by atoms with van der Waals surface area (Å²) < 4.78 is 3.24. The lowest BCUT2D eigenvalue weighted by Gasteiger charge is -2.28. The van der Waals surface area contributed by atoms with Gasteiger partial charge in [-0.2, -0.15) is 5.10 Å². The van der Waals surface area contributed by atoms with Gasteiger partial charge in [-0.05, 0) is 6.92 Å². The first kappa shape index (κ1) is 13.6. The number of fused-ring (bicyclic) bond motifs is 1. The molecule has 1 aliphatic rings. The molecule has 2 aromatic heterocycles. The van der Waals surface area contributed by atoms with Crippen LogP contribution in [-0.4, -0.2) is 45.5 Å². The molecule has 7 heteroatoms. The summed E-state index contributed by atoms with van der Waals surface area (Å²) in [6, 6.07) is 0. The molecule has 0 bridgehead atoms. The average Bonchev–Trinajstić information content (AvgIpc) is 2.89. The number of nitrogens with zero attached hydrogens (tertiary/aromatic N) is 5. The molecule has 0 atom stereocenters. The summed E-state index contributed by atoms with van der Waals surface area (Å²) >= 11 is 0. The first-order valence-corrected chi connectivity index (χ1v) is 7.00. The molecule has 1 saturated heterocycles. The molecular weight excluding hydrogens is 268 g/mol. The predicted octanol–water partition coefficient (Wildman–Crippen LogP) is -0.437. The summed E-state index contributed by atoms with van der Waals surface area (Å²) in [5.74, 6) is 6.72. The van der Waals surface area contributed by atoms with E-state index in [-0.39, 0.29) is 5.56 Å². The highest BCUT2D eigenvalue weighted by atomic mass is 16.1. The largest absolute Gasteiger partial charge is 0.340 e. The molecule has 1 N–H and O–H groups in total. The summed E-state index contributed by atoms with van der Waals surface area (Å²) in [5, 5.41) is 7.36. The number of aromatic nitrogens is 4. The number of anilines is 1. The van der Waals surface area contributed by atoms with Crippen molar-refractivity contribution < 1.29 is 0 Å². The fourth-order valence-corrected chi connectivity index (χ4v) is 2.54. The van der Waals surface area contributed by atoms with Gasteiger partial charge in [0.1, 0.15) is 11.0 Å². The Hall–Kier alpha value is -2.33. The van der Waals surface area contributed by atoms with E-state index in [9.17, 15) is 4.79 Å². The number of rotatable bonds is 2. The third kappa shape index (κ3) is 2.38. The minimum absolute atomic E-state index is 0.140. The minimum atomic E-state index is -0.140. The van der Waals surface area contributed by atoms with Gasteiger partial charge in [0.25, 0.3) is 5.56 Å². The van der Waals surface area contributed by atoms with Crippen molar-refractivity contribution in [2.24, 2.45) is 7.05 Å². The van der Waals surface area contributed by atoms with Gasteiger partial charge >= 0.3 is 0 Å². The lowest BCUT2D eigenvalue weighted by molar-refractivity contribution is 0.572. The van der Waals surface area contributed by atoms with Crippen molar-refractivity contribution in [2.45, 2.75) is 13.5 Å². The van der Waals surface area contributed by atoms with Crippen LogP contribution in [0, 0.1) is 11.8 Å². The van der Waals surface area contributed by atoms with Gasteiger partial charge in [0.15, 0.2) is 0 Å². The third-order valence-corrected chi connectivity index (χ3v) is 3.64. The topological polar surface area (TPSA) is 68.0 Å². The molecule has 0 amide bonds. The molecule has 0 aromatic carbocycles. The maximum Gasteiger partial charge on any atom is 0.292 e. The fraction of sp³-hybridized carbons (Fsp3) is 0.500. The molecule has 110 valence electrons. The molecule has 0 saturated carbocycles. The highest BCUT2D eigenvalue weighted by Gasteiger charge is 2.20. The van der Waals surface area contributed by atoms with Crippen molar-refractivity contribution in [3.63, 3.8) is 0 Å². The Morgan fingerprint density at radius 2 is 2.14 bits per heavy atom. The second kappa shape index (κ2) is 5.58. The van der Waals surface area contributed by atoms with Crippen LogP contribution in [0.2, 0.25) is 0 Å². The zero-order chi connectivity index (χ0) is 14.8. The van der Waals surface area contributed by atoms with E-state index < -0.39 is 0 Å². The van der Waals surface area contributed by atoms with Gasteiger partial charge in [-0.25, -0.2) is 9.67 Å². The number of imidazole rings is 1. The third-order valence-electron chi connectivity index (χ3n) is 3.64. The van der Waals surface area contributed by atoms with E-state index in [0.29, 0.717) is 17.6 Å². The average molecular weight is 286 g/mol. The van der Waals surface area contributed by atoms with Crippen LogP contribution in [-0.2, 0) is 13.6 Å². The van der Waals surface area contributed by atoms with Crippen LogP contribution in [0.3, 0.4) is 0 Å². The van der Waals surface area contributed by atoms with Crippen LogP contribution >= 0.6 is 0 Å². The highest BCUT2D eigenvalue weighted by molar-refractivity contribution is 5.77. The van der Waals surface area contributed by atoms with Gasteiger partial charge in [-0.1, -0.05) is 5.92 Å². The molecule has 2 aromatic rings. The van der Waals surface area contributed by atoms with Gasteiger partial charge in [-0.15, -0.1) is 5.92 Å². The molecule has 7 nitrogen and oxygen atoms in total. The monoisotopic (exact) mass is 286 g/mol. The van der Waals surface area contributed by atoms with Crippen molar-refractivity contribution in [1.29, 1.82) is 0 Å². The van der Waals surface area contributed by atoms with Gasteiger partial charge in [0.05, 0.1) is 12.7 Å². The summed E-state index contributed by atoms with van der Waals surface area (Å²) in [5.41, 5.74) is 1.06. The van der Waals surface area contributed by atoms with E-state index >= 15 is 0 Å².